The average Bonchev–Trinajstić information content (AvgIpc) is 2.63. The second-order valence-corrected chi connectivity index (χ2v) is 5.19. The zero-order valence-electron chi connectivity index (χ0n) is 13.0. The van der Waals surface area contributed by atoms with Crippen LogP contribution >= 0.6 is 0 Å². The first kappa shape index (κ1) is 14.5. The number of hydrogen-bond donors (Lipinski definition) is 1. The molecule has 1 N–H and O–H groups in total. The number of nitrogens with zero attached hydrogens (tertiary/aromatic N) is 4. The third kappa shape index (κ3) is 3.15. The Morgan fingerprint density at radius 2 is 1.90 bits per heavy atom. The third-order valence-electron chi connectivity index (χ3n) is 3.49. The van der Waals surface area contributed by atoms with Crippen LogP contribution in [0.2, 0.25) is 0 Å². The number of rotatable bonds is 5. The Morgan fingerprint density at radius 1 is 1.15 bits per heavy atom. The van der Waals surface area contributed by atoms with Crippen molar-refractivity contribution in [2.75, 3.05) is 11.9 Å². The van der Waals surface area contributed by atoms with E-state index >= 15 is 0 Å². The minimum absolute atomic E-state index is 0.614. The van der Waals surface area contributed by atoms with Crippen LogP contribution in [0.1, 0.15) is 41.8 Å². The molecule has 0 fully saturated rings. The third-order valence-corrected chi connectivity index (χ3v) is 3.49. The van der Waals surface area contributed by atoms with Crippen molar-refractivity contribution in [3.63, 3.8) is 0 Å². The summed E-state index contributed by atoms with van der Waals surface area (Å²) in [4.78, 5) is 9.07. The average molecular weight is 273 g/mol. The number of hydrogen-bond acceptors (Lipinski definition) is 4. The molecule has 108 valence electrons. The molecule has 5 heteroatoms. The van der Waals surface area contributed by atoms with E-state index in [0.29, 0.717) is 6.54 Å². The molecule has 2 rings (SSSR count). The number of nitrogens with one attached hydrogen (secondary N) is 1. The van der Waals surface area contributed by atoms with Gasteiger partial charge in [-0.15, -0.1) is 0 Å². The zero-order valence-corrected chi connectivity index (χ0v) is 13.0. The molecule has 2 aromatic heterocycles. The minimum atomic E-state index is 0.614. The number of aromatic nitrogens is 4. The molecule has 2 heterocycles. The van der Waals surface area contributed by atoms with Crippen LogP contribution in [0.3, 0.4) is 0 Å². The Balaban J connectivity index is 2.24. The normalized spacial score (nSPS) is 10.8. The molecule has 20 heavy (non-hydrogen) atoms. The first-order valence-electron chi connectivity index (χ1n) is 7.10. The predicted molar refractivity (Wildman–Crippen MR) is 81.1 cm³/mol. The zero-order chi connectivity index (χ0) is 14.7. The summed E-state index contributed by atoms with van der Waals surface area (Å²) in [6.45, 7) is 11.9. The van der Waals surface area contributed by atoms with Crippen LogP contribution < -0.4 is 5.32 Å². The van der Waals surface area contributed by atoms with Gasteiger partial charge in [0.15, 0.2) is 5.82 Å². The van der Waals surface area contributed by atoms with E-state index in [9.17, 15) is 0 Å². The van der Waals surface area contributed by atoms with Gasteiger partial charge in [-0.05, 0) is 39.7 Å². The first-order chi connectivity index (χ1) is 9.51. The topological polar surface area (TPSA) is 55.6 Å². The summed E-state index contributed by atoms with van der Waals surface area (Å²) in [5.41, 5.74) is 4.46. The van der Waals surface area contributed by atoms with E-state index in [1.54, 1.807) is 0 Å². The fourth-order valence-corrected chi connectivity index (χ4v) is 2.12. The lowest BCUT2D eigenvalue weighted by atomic mass is 10.2. The highest BCUT2D eigenvalue weighted by molar-refractivity contribution is 5.35. The standard InChI is InChI=1S/C15H23N5/c1-6-7-16-14-8-10(2)17-15(18-14)9-20-13(5)11(3)12(4)19-20/h8H,6-7,9H2,1-5H3,(H,16,17,18). The van der Waals surface area contributed by atoms with Gasteiger partial charge in [0, 0.05) is 24.0 Å². The molecule has 0 aromatic carbocycles. The molecule has 0 aliphatic carbocycles. The first-order valence-corrected chi connectivity index (χ1v) is 7.10. The maximum absolute atomic E-state index is 4.56. The summed E-state index contributed by atoms with van der Waals surface area (Å²) in [6.07, 6.45) is 1.08. The van der Waals surface area contributed by atoms with Crippen molar-refractivity contribution in [3.8, 4) is 0 Å². The van der Waals surface area contributed by atoms with E-state index in [0.717, 1.165) is 36.0 Å². The summed E-state index contributed by atoms with van der Waals surface area (Å²) in [5, 5.41) is 7.85. The van der Waals surface area contributed by atoms with Crippen LogP contribution in [0.5, 0.6) is 0 Å². The Kier molecular flexibility index (Phi) is 4.37. The van der Waals surface area contributed by atoms with Gasteiger partial charge < -0.3 is 5.32 Å². The molecular formula is C15H23N5. The van der Waals surface area contributed by atoms with Gasteiger partial charge in [-0.3, -0.25) is 4.68 Å². The molecule has 0 amide bonds. The van der Waals surface area contributed by atoms with E-state index in [-0.39, 0.29) is 0 Å². The Morgan fingerprint density at radius 3 is 2.50 bits per heavy atom. The van der Waals surface area contributed by atoms with Gasteiger partial charge in [-0.1, -0.05) is 6.92 Å². The lowest BCUT2D eigenvalue weighted by Crippen LogP contribution is -2.11. The van der Waals surface area contributed by atoms with Crippen molar-refractivity contribution in [1.29, 1.82) is 0 Å². The van der Waals surface area contributed by atoms with Crippen LogP contribution in [-0.4, -0.2) is 26.3 Å². The number of aryl methyl sites for hydroxylation is 2. The van der Waals surface area contributed by atoms with E-state index in [2.05, 4.69) is 41.2 Å². The van der Waals surface area contributed by atoms with Gasteiger partial charge in [0.25, 0.3) is 0 Å². The monoisotopic (exact) mass is 273 g/mol. The van der Waals surface area contributed by atoms with Crippen LogP contribution in [0.15, 0.2) is 6.07 Å². The quantitative estimate of drug-likeness (QED) is 0.910. The smallest absolute Gasteiger partial charge is 0.152 e. The van der Waals surface area contributed by atoms with E-state index in [4.69, 9.17) is 0 Å². The maximum atomic E-state index is 4.56. The van der Waals surface area contributed by atoms with Gasteiger partial charge >= 0.3 is 0 Å². The Hall–Kier alpha value is -1.91. The molecule has 5 nitrogen and oxygen atoms in total. The molecule has 0 spiro atoms. The van der Waals surface area contributed by atoms with Crippen LogP contribution in [0.4, 0.5) is 5.82 Å². The lowest BCUT2D eigenvalue weighted by molar-refractivity contribution is 0.630. The van der Waals surface area contributed by atoms with E-state index < -0.39 is 0 Å². The van der Waals surface area contributed by atoms with Gasteiger partial charge in [0.2, 0.25) is 0 Å². The molecule has 0 unspecified atom stereocenters. The Bertz CT molecular complexity index is 601. The van der Waals surface area contributed by atoms with Crippen molar-refractivity contribution in [3.05, 3.63) is 34.5 Å². The highest BCUT2D eigenvalue weighted by Gasteiger charge is 2.10. The molecule has 0 saturated carbocycles. The van der Waals surface area contributed by atoms with Crippen molar-refractivity contribution in [2.24, 2.45) is 0 Å². The van der Waals surface area contributed by atoms with Gasteiger partial charge in [0.1, 0.15) is 12.4 Å². The van der Waals surface area contributed by atoms with E-state index in [1.165, 1.54) is 11.3 Å². The predicted octanol–water partition coefficient (Wildman–Crippen LogP) is 2.78. The summed E-state index contributed by atoms with van der Waals surface area (Å²) >= 11 is 0. The Labute approximate surface area is 120 Å². The van der Waals surface area contributed by atoms with Crippen LogP contribution in [-0.2, 0) is 6.54 Å². The number of anilines is 1. The highest BCUT2D eigenvalue weighted by Crippen LogP contribution is 2.13. The highest BCUT2D eigenvalue weighted by atomic mass is 15.3. The van der Waals surface area contributed by atoms with Crippen LogP contribution in [0, 0.1) is 27.7 Å². The molecule has 0 bridgehead atoms. The van der Waals surface area contributed by atoms with Crippen molar-refractivity contribution >= 4 is 5.82 Å². The lowest BCUT2D eigenvalue weighted by Gasteiger charge is -2.09. The molecule has 2 aromatic rings. The second kappa shape index (κ2) is 6.03. The summed E-state index contributed by atoms with van der Waals surface area (Å²) < 4.78 is 1.98. The molecule has 0 radical (unpaired) electrons. The largest absolute Gasteiger partial charge is 0.370 e. The summed E-state index contributed by atoms with van der Waals surface area (Å²) in [5.74, 6) is 1.70. The molecule has 0 aliphatic rings. The fourth-order valence-electron chi connectivity index (χ4n) is 2.12. The SMILES string of the molecule is CCCNc1cc(C)nc(Cn2nc(C)c(C)c2C)n1. The fraction of sp³-hybridized carbons (Fsp3) is 0.533. The van der Waals surface area contributed by atoms with Crippen molar-refractivity contribution in [1.82, 2.24) is 19.7 Å². The van der Waals surface area contributed by atoms with Gasteiger partial charge in [0.05, 0.1) is 5.69 Å². The van der Waals surface area contributed by atoms with Gasteiger partial charge in [-0.2, -0.15) is 5.10 Å². The molecule has 0 aliphatic heterocycles. The van der Waals surface area contributed by atoms with E-state index in [1.807, 2.05) is 24.6 Å². The van der Waals surface area contributed by atoms with Crippen LogP contribution in [0.25, 0.3) is 0 Å². The second-order valence-electron chi connectivity index (χ2n) is 5.19. The van der Waals surface area contributed by atoms with Crippen molar-refractivity contribution < 1.29 is 0 Å². The molecule has 0 atom stereocenters. The summed E-state index contributed by atoms with van der Waals surface area (Å²) in [6, 6.07) is 1.98. The van der Waals surface area contributed by atoms with Crippen molar-refractivity contribution in [2.45, 2.75) is 47.6 Å². The summed E-state index contributed by atoms with van der Waals surface area (Å²) in [7, 11) is 0. The molecule has 0 saturated heterocycles. The maximum Gasteiger partial charge on any atom is 0.152 e. The molecular weight excluding hydrogens is 250 g/mol. The minimum Gasteiger partial charge on any atom is -0.370 e. The van der Waals surface area contributed by atoms with Gasteiger partial charge in [-0.25, -0.2) is 9.97 Å².